The van der Waals surface area contributed by atoms with E-state index in [0.29, 0.717) is 16.9 Å². The summed E-state index contributed by atoms with van der Waals surface area (Å²) in [7, 11) is 1.50. The van der Waals surface area contributed by atoms with E-state index in [-0.39, 0.29) is 6.09 Å². The maximum atomic E-state index is 11.8. The quantitative estimate of drug-likeness (QED) is 0.723. The van der Waals surface area contributed by atoms with Gasteiger partial charge in [0.25, 0.3) is 0 Å². The van der Waals surface area contributed by atoms with Gasteiger partial charge in [-0.15, -0.1) is 0 Å². The number of amides is 1. The molecule has 1 amide bonds. The summed E-state index contributed by atoms with van der Waals surface area (Å²) >= 11 is 0. The summed E-state index contributed by atoms with van der Waals surface area (Å²) in [6.07, 6.45) is 10.8. The van der Waals surface area contributed by atoms with Crippen molar-refractivity contribution in [2.45, 2.75) is 84.2 Å². The van der Waals surface area contributed by atoms with Crippen LogP contribution in [0.15, 0.2) is 0 Å². The topological polar surface area (TPSA) is 32.8 Å². The van der Waals surface area contributed by atoms with E-state index in [2.05, 4.69) is 25.7 Å². The van der Waals surface area contributed by atoms with Gasteiger partial charge in [-0.2, -0.15) is 0 Å². The lowest BCUT2D eigenvalue weighted by Gasteiger charge is -2.53. The molecule has 1 spiro atoms. The highest BCUT2D eigenvalue weighted by atomic mass is 16.5. The number of methoxy groups -OCH3 is 1. The third-order valence-electron chi connectivity index (χ3n) is 8.67. The third-order valence-corrected chi connectivity index (χ3v) is 8.67. The summed E-state index contributed by atoms with van der Waals surface area (Å²) in [5, 5.41) is 0. The molecule has 0 bridgehead atoms. The van der Waals surface area contributed by atoms with Crippen LogP contribution in [0.2, 0.25) is 0 Å². The van der Waals surface area contributed by atoms with E-state index < -0.39 is 0 Å². The molecule has 148 valence electrons. The molecule has 0 aromatic carbocycles. The van der Waals surface area contributed by atoms with Crippen LogP contribution in [0.4, 0.5) is 4.79 Å². The first kappa shape index (κ1) is 18.6. The van der Waals surface area contributed by atoms with E-state index in [1.165, 1.54) is 58.6 Å². The van der Waals surface area contributed by atoms with Gasteiger partial charge in [0.1, 0.15) is 0 Å². The zero-order valence-electron chi connectivity index (χ0n) is 17.3. The molecule has 0 aromatic heterocycles. The van der Waals surface area contributed by atoms with E-state index in [9.17, 15) is 4.79 Å². The molecule has 2 aliphatic heterocycles. The Morgan fingerprint density at radius 1 is 1.04 bits per heavy atom. The van der Waals surface area contributed by atoms with Gasteiger partial charge in [0, 0.05) is 25.2 Å². The zero-order valence-corrected chi connectivity index (χ0v) is 17.3. The van der Waals surface area contributed by atoms with Crippen molar-refractivity contribution in [1.82, 2.24) is 9.80 Å². The van der Waals surface area contributed by atoms with Crippen LogP contribution in [0.5, 0.6) is 0 Å². The van der Waals surface area contributed by atoms with Crippen molar-refractivity contribution in [3.63, 3.8) is 0 Å². The van der Waals surface area contributed by atoms with Gasteiger partial charge in [-0.25, -0.2) is 4.79 Å². The highest BCUT2D eigenvalue weighted by molar-refractivity contribution is 5.67. The Labute approximate surface area is 159 Å². The summed E-state index contributed by atoms with van der Waals surface area (Å²) in [4.78, 5) is 16.6. The Balaban J connectivity index is 1.38. The number of carbonyl (C=O) groups is 1. The van der Waals surface area contributed by atoms with Gasteiger partial charge in [0.15, 0.2) is 0 Å². The van der Waals surface area contributed by atoms with Crippen LogP contribution < -0.4 is 0 Å². The number of rotatable bonds is 2. The molecule has 4 fully saturated rings. The fourth-order valence-corrected chi connectivity index (χ4v) is 6.45. The third kappa shape index (κ3) is 3.16. The standard InChI is InChI=1S/C22H38N2O2/c1-16-21(2,3)12-18(17-6-5-7-17)8-10-24(16)19-13-22(14-19)9-11-23(15-22)20(25)26-4/h16-19H,5-15H2,1-4H3. The molecule has 4 rings (SSSR count). The van der Waals surface area contributed by atoms with E-state index in [0.717, 1.165) is 37.4 Å². The van der Waals surface area contributed by atoms with E-state index >= 15 is 0 Å². The van der Waals surface area contributed by atoms with Crippen LogP contribution >= 0.6 is 0 Å². The van der Waals surface area contributed by atoms with Crippen LogP contribution in [-0.2, 0) is 4.74 Å². The maximum Gasteiger partial charge on any atom is 0.409 e. The largest absolute Gasteiger partial charge is 0.453 e. The lowest BCUT2D eigenvalue weighted by Crippen LogP contribution is -2.57. The first-order chi connectivity index (χ1) is 12.3. The summed E-state index contributed by atoms with van der Waals surface area (Å²) in [6, 6.07) is 1.38. The first-order valence-electron chi connectivity index (χ1n) is 10.9. The van der Waals surface area contributed by atoms with Gasteiger partial charge in [0.2, 0.25) is 0 Å². The minimum Gasteiger partial charge on any atom is -0.453 e. The van der Waals surface area contributed by atoms with Gasteiger partial charge >= 0.3 is 6.09 Å². The lowest BCUT2D eigenvalue weighted by atomic mass is 9.63. The molecule has 4 heteroatoms. The van der Waals surface area contributed by atoms with E-state index in [1.807, 2.05) is 4.90 Å². The summed E-state index contributed by atoms with van der Waals surface area (Å²) in [5.41, 5.74) is 0.787. The molecular formula is C22H38N2O2. The van der Waals surface area contributed by atoms with E-state index in [4.69, 9.17) is 4.74 Å². The predicted molar refractivity (Wildman–Crippen MR) is 104 cm³/mol. The normalized spacial score (nSPS) is 40.8. The number of likely N-dealkylation sites (tertiary alicyclic amines) is 2. The van der Waals surface area contributed by atoms with Crippen LogP contribution in [-0.4, -0.2) is 54.7 Å². The van der Waals surface area contributed by atoms with Gasteiger partial charge in [-0.3, -0.25) is 4.90 Å². The molecule has 4 nitrogen and oxygen atoms in total. The Kier molecular flexibility index (Phi) is 4.78. The SMILES string of the molecule is COC(=O)N1CCC2(CC(N3CCC(C4CCC4)CC(C)(C)C3C)C2)C1. The van der Waals surface area contributed by atoms with Crippen molar-refractivity contribution < 1.29 is 9.53 Å². The van der Waals surface area contributed by atoms with Gasteiger partial charge in [-0.1, -0.05) is 33.1 Å². The molecule has 2 atom stereocenters. The molecule has 2 heterocycles. The highest BCUT2D eigenvalue weighted by Crippen LogP contribution is 2.53. The zero-order chi connectivity index (χ0) is 18.5. The van der Waals surface area contributed by atoms with Crippen LogP contribution in [0.25, 0.3) is 0 Å². The minimum atomic E-state index is -0.141. The monoisotopic (exact) mass is 362 g/mol. The van der Waals surface area contributed by atoms with Crippen LogP contribution in [0.3, 0.4) is 0 Å². The first-order valence-corrected chi connectivity index (χ1v) is 10.9. The van der Waals surface area contributed by atoms with Crippen LogP contribution in [0, 0.1) is 22.7 Å². The number of hydrogen-bond donors (Lipinski definition) is 0. The van der Waals surface area contributed by atoms with E-state index in [1.54, 1.807) is 0 Å². The lowest BCUT2D eigenvalue weighted by molar-refractivity contribution is -0.0332. The fourth-order valence-electron chi connectivity index (χ4n) is 6.45. The predicted octanol–water partition coefficient (Wildman–Crippen LogP) is 4.53. The number of nitrogens with zero attached hydrogens (tertiary/aromatic N) is 2. The minimum absolute atomic E-state index is 0.141. The second-order valence-corrected chi connectivity index (χ2v) is 10.5. The fraction of sp³-hybridized carbons (Fsp3) is 0.955. The van der Waals surface area contributed by atoms with Crippen molar-refractivity contribution in [3.8, 4) is 0 Å². The summed E-state index contributed by atoms with van der Waals surface area (Å²) < 4.78 is 4.93. The van der Waals surface area contributed by atoms with Crippen molar-refractivity contribution in [2.75, 3.05) is 26.7 Å². The maximum absolute atomic E-state index is 11.8. The average Bonchev–Trinajstić information content (AvgIpc) is 2.92. The van der Waals surface area contributed by atoms with Gasteiger partial charge in [0.05, 0.1) is 7.11 Å². The number of hydrogen-bond acceptors (Lipinski definition) is 3. The Morgan fingerprint density at radius 3 is 2.38 bits per heavy atom. The Hall–Kier alpha value is -0.770. The molecular weight excluding hydrogens is 324 g/mol. The van der Waals surface area contributed by atoms with Crippen molar-refractivity contribution in [3.05, 3.63) is 0 Å². The average molecular weight is 363 g/mol. The van der Waals surface area contributed by atoms with Gasteiger partial charge < -0.3 is 9.64 Å². The molecule has 2 saturated carbocycles. The molecule has 26 heavy (non-hydrogen) atoms. The van der Waals surface area contributed by atoms with Gasteiger partial charge in [-0.05, 0) is 68.2 Å². The highest BCUT2D eigenvalue weighted by Gasteiger charge is 2.53. The molecule has 2 aliphatic carbocycles. The Bertz CT molecular complexity index is 536. The summed E-state index contributed by atoms with van der Waals surface area (Å²) in [6.45, 7) is 10.6. The van der Waals surface area contributed by atoms with Crippen molar-refractivity contribution in [2.24, 2.45) is 22.7 Å². The summed E-state index contributed by atoms with van der Waals surface area (Å²) in [5.74, 6) is 1.96. The number of carbonyl (C=O) groups excluding carboxylic acids is 1. The smallest absolute Gasteiger partial charge is 0.409 e. The van der Waals surface area contributed by atoms with Crippen LogP contribution in [0.1, 0.15) is 72.1 Å². The Morgan fingerprint density at radius 2 is 1.77 bits per heavy atom. The second kappa shape index (κ2) is 6.68. The molecule has 0 radical (unpaired) electrons. The second-order valence-electron chi connectivity index (χ2n) is 10.5. The molecule has 2 saturated heterocycles. The molecule has 0 N–H and O–H groups in total. The van der Waals surface area contributed by atoms with Crippen molar-refractivity contribution >= 4 is 6.09 Å². The number of ether oxygens (including phenoxy) is 1. The van der Waals surface area contributed by atoms with Crippen molar-refractivity contribution in [1.29, 1.82) is 0 Å². The molecule has 2 unspecified atom stereocenters. The molecule has 4 aliphatic rings. The molecule has 0 aromatic rings.